The molecule has 0 fully saturated rings. The van der Waals surface area contributed by atoms with Gasteiger partial charge in [-0.2, -0.15) is 5.26 Å². The van der Waals surface area contributed by atoms with E-state index in [1.165, 1.54) is 0 Å². The van der Waals surface area contributed by atoms with E-state index in [0.717, 1.165) is 0 Å². The normalized spacial score (nSPS) is 14.8. The minimum atomic E-state index is -3.55. The third-order valence-electron chi connectivity index (χ3n) is 3.31. The molecule has 20 heavy (non-hydrogen) atoms. The number of hydrogen-bond acceptors (Lipinski definition) is 4. The zero-order valence-electron chi connectivity index (χ0n) is 11.9. The van der Waals surface area contributed by atoms with Crippen LogP contribution in [0.5, 0.6) is 0 Å². The number of aliphatic hydroxyl groups is 1. The topological polar surface area (TPSA) is 90.2 Å². The Morgan fingerprint density at radius 1 is 1.45 bits per heavy atom. The van der Waals surface area contributed by atoms with Crippen LogP contribution in [0.25, 0.3) is 0 Å². The molecule has 0 saturated carbocycles. The van der Waals surface area contributed by atoms with Gasteiger partial charge < -0.3 is 5.11 Å². The largest absolute Gasteiger partial charge is 0.389 e. The zero-order valence-corrected chi connectivity index (χ0v) is 12.7. The number of nitriles is 1. The van der Waals surface area contributed by atoms with Crippen LogP contribution < -0.4 is 4.72 Å². The SMILES string of the molecule is CC(C)C(C)(O)CNS(=O)(=O)Cc1cccc(C#N)c1. The molecule has 0 bridgehead atoms. The minimum absolute atomic E-state index is 0.0368. The van der Waals surface area contributed by atoms with Crippen molar-refractivity contribution in [2.75, 3.05) is 6.54 Å². The van der Waals surface area contributed by atoms with Crippen LogP contribution >= 0.6 is 0 Å². The third-order valence-corrected chi connectivity index (χ3v) is 4.60. The molecule has 1 atom stereocenters. The Labute approximate surface area is 120 Å². The first-order valence-corrected chi connectivity index (χ1v) is 8.00. The summed E-state index contributed by atoms with van der Waals surface area (Å²) >= 11 is 0. The maximum absolute atomic E-state index is 12.0. The van der Waals surface area contributed by atoms with Crippen molar-refractivity contribution in [1.29, 1.82) is 5.26 Å². The molecule has 0 aliphatic rings. The highest BCUT2D eigenvalue weighted by atomic mass is 32.2. The van der Waals surface area contributed by atoms with Crippen LogP contribution in [0.15, 0.2) is 24.3 Å². The molecule has 5 nitrogen and oxygen atoms in total. The van der Waals surface area contributed by atoms with Crippen molar-refractivity contribution in [2.45, 2.75) is 32.1 Å². The average Bonchev–Trinajstić information content (AvgIpc) is 2.36. The van der Waals surface area contributed by atoms with Crippen LogP contribution in [0.3, 0.4) is 0 Å². The number of rotatable bonds is 6. The monoisotopic (exact) mass is 296 g/mol. The van der Waals surface area contributed by atoms with E-state index in [1.807, 2.05) is 19.9 Å². The van der Waals surface area contributed by atoms with Gasteiger partial charge in [0.2, 0.25) is 10.0 Å². The summed E-state index contributed by atoms with van der Waals surface area (Å²) in [7, 11) is -3.55. The lowest BCUT2D eigenvalue weighted by atomic mass is 9.93. The van der Waals surface area contributed by atoms with Crippen LogP contribution in [-0.2, 0) is 15.8 Å². The van der Waals surface area contributed by atoms with Crippen LogP contribution in [0.2, 0.25) is 0 Å². The summed E-state index contributed by atoms with van der Waals surface area (Å²) in [5.74, 6) is -0.274. The summed E-state index contributed by atoms with van der Waals surface area (Å²) in [5, 5.41) is 18.8. The van der Waals surface area contributed by atoms with E-state index in [-0.39, 0.29) is 18.2 Å². The lowest BCUT2D eigenvalue weighted by Crippen LogP contribution is -2.44. The second-order valence-corrected chi connectivity index (χ2v) is 7.21. The number of sulfonamides is 1. The van der Waals surface area contributed by atoms with Crippen molar-refractivity contribution in [3.8, 4) is 6.07 Å². The minimum Gasteiger partial charge on any atom is -0.389 e. The molecule has 0 aliphatic carbocycles. The number of nitrogens with zero attached hydrogens (tertiary/aromatic N) is 1. The number of benzene rings is 1. The molecule has 0 heterocycles. The first kappa shape index (κ1) is 16.6. The van der Waals surface area contributed by atoms with Crippen molar-refractivity contribution in [3.05, 3.63) is 35.4 Å². The standard InChI is InChI=1S/C14H20N2O3S/c1-11(2)14(3,17)10-16-20(18,19)9-13-6-4-5-12(7-13)8-15/h4-7,11,16-17H,9-10H2,1-3H3. The van der Waals surface area contributed by atoms with Crippen molar-refractivity contribution < 1.29 is 13.5 Å². The predicted molar refractivity (Wildman–Crippen MR) is 77.2 cm³/mol. The fourth-order valence-corrected chi connectivity index (χ4v) is 2.69. The van der Waals surface area contributed by atoms with Crippen LogP contribution in [0.1, 0.15) is 31.9 Å². The van der Waals surface area contributed by atoms with Crippen LogP contribution in [-0.4, -0.2) is 25.7 Å². The van der Waals surface area contributed by atoms with E-state index in [9.17, 15) is 13.5 Å². The van der Waals surface area contributed by atoms with E-state index in [0.29, 0.717) is 11.1 Å². The van der Waals surface area contributed by atoms with E-state index >= 15 is 0 Å². The van der Waals surface area contributed by atoms with Gasteiger partial charge in [-0.25, -0.2) is 13.1 Å². The predicted octanol–water partition coefficient (Wildman–Crippen LogP) is 1.38. The maximum atomic E-state index is 12.0. The third kappa shape index (κ3) is 4.93. The highest BCUT2D eigenvalue weighted by Crippen LogP contribution is 2.15. The van der Waals surface area contributed by atoms with E-state index in [4.69, 9.17) is 5.26 Å². The Bertz CT molecular complexity index is 601. The van der Waals surface area contributed by atoms with Gasteiger partial charge in [-0.05, 0) is 30.5 Å². The molecular weight excluding hydrogens is 276 g/mol. The molecule has 1 rings (SSSR count). The van der Waals surface area contributed by atoms with Gasteiger partial charge in [0.25, 0.3) is 0 Å². The quantitative estimate of drug-likeness (QED) is 0.830. The van der Waals surface area contributed by atoms with E-state index < -0.39 is 15.6 Å². The van der Waals surface area contributed by atoms with Crippen molar-refractivity contribution in [1.82, 2.24) is 4.72 Å². The summed E-state index contributed by atoms with van der Waals surface area (Å²) in [5.41, 5.74) is -0.130. The van der Waals surface area contributed by atoms with Crippen LogP contribution in [0.4, 0.5) is 0 Å². The second-order valence-electron chi connectivity index (χ2n) is 5.40. The molecule has 0 aromatic heterocycles. The molecule has 1 unspecified atom stereocenters. The number of nitrogens with one attached hydrogen (secondary N) is 1. The zero-order chi connectivity index (χ0) is 15.4. The Morgan fingerprint density at radius 2 is 2.10 bits per heavy atom. The first-order chi connectivity index (χ1) is 9.16. The van der Waals surface area contributed by atoms with Crippen LogP contribution in [0, 0.1) is 17.2 Å². The smallest absolute Gasteiger partial charge is 0.215 e. The Hall–Kier alpha value is -1.42. The van der Waals surface area contributed by atoms with Gasteiger partial charge in [0.1, 0.15) is 0 Å². The lowest BCUT2D eigenvalue weighted by Gasteiger charge is -2.27. The van der Waals surface area contributed by atoms with Crippen molar-refractivity contribution >= 4 is 10.0 Å². The first-order valence-electron chi connectivity index (χ1n) is 6.35. The lowest BCUT2D eigenvalue weighted by molar-refractivity contribution is 0.0190. The Morgan fingerprint density at radius 3 is 2.65 bits per heavy atom. The maximum Gasteiger partial charge on any atom is 0.215 e. The van der Waals surface area contributed by atoms with E-state index in [2.05, 4.69) is 4.72 Å². The van der Waals surface area contributed by atoms with Gasteiger partial charge in [-0.1, -0.05) is 26.0 Å². The molecule has 0 spiro atoms. The number of hydrogen-bond donors (Lipinski definition) is 2. The second kappa shape index (κ2) is 6.35. The average molecular weight is 296 g/mol. The van der Waals surface area contributed by atoms with Crippen molar-refractivity contribution in [3.63, 3.8) is 0 Å². The molecule has 6 heteroatoms. The Balaban J connectivity index is 2.73. The summed E-state index contributed by atoms with van der Waals surface area (Å²) in [6.07, 6.45) is 0. The fourth-order valence-electron chi connectivity index (χ4n) is 1.46. The summed E-state index contributed by atoms with van der Waals surface area (Å²) in [6.45, 7) is 5.21. The van der Waals surface area contributed by atoms with Gasteiger partial charge in [-0.15, -0.1) is 0 Å². The molecule has 0 amide bonds. The van der Waals surface area contributed by atoms with Gasteiger partial charge >= 0.3 is 0 Å². The highest BCUT2D eigenvalue weighted by molar-refractivity contribution is 7.88. The van der Waals surface area contributed by atoms with Gasteiger partial charge in [0, 0.05) is 6.54 Å². The highest BCUT2D eigenvalue weighted by Gasteiger charge is 2.26. The van der Waals surface area contributed by atoms with Gasteiger partial charge in [-0.3, -0.25) is 0 Å². The van der Waals surface area contributed by atoms with Gasteiger partial charge in [0.05, 0.1) is 23.0 Å². The molecule has 2 N–H and O–H groups in total. The molecular formula is C14H20N2O3S. The molecule has 1 aromatic carbocycles. The molecule has 0 radical (unpaired) electrons. The van der Waals surface area contributed by atoms with E-state index in [1.54, 1.807) is 31.2 Å². The Kier molecular flexibility index (Phi) is 5.28. The summed E-state index contributed by atoms with van der Waals surface area (Å²) in [4.78, 5) is 0. The molecule has 1 aromatic rings. The fraction of sp³-hybridized carbons (Fsp3) is 0.500. The van der Waals surface area contributed by atoms with Crippen molar-refractivity contribution in [2.24, 2.45) is 5.92 Å². The molecule has 110 valence electrons. The summed E-state index contributed by atoms with van der Waals surface area (Å²) in [6, 6.07) is 8.43. The molecule has 0 aliphatic heterocycles. The van der Waals surface area contributed by atoms with Gasteiger partial charge in [0.15, 0.2) is 0 Å². The summed E-state index contributed by atoms with van der Waals surface area (Å²) < 4.78 is 26.3. The molecule has 0 saturated heterocycles.